The fourth-order valence-corrected chi connectivity index (χ4v) is 3.23. The molecule has 1 unspecified atom stereocenters. The van der Waals surface area contributed by atoms with Crippen LogP contribution in [0.2, 0.25) is 10.0 Å². The van der Waals surface area contributed by atoms with E-state index in [2.05, 4.69) is 5.32 Å². The molecule has 0 radical (unpaired) electrons. The van der Waals surface area contributed by atoms with Gasteiger partial charge in [0.05, 0.1) is 0 Å². The van der Waals surface area contributed by atoms with Gasteiger partial charge in [-0.3, -0.25) is 4.79 Å². The fraction of sp³-hybridized carbons (Fsp3) is 0.316. The van der Waals surface area contributed by atoms with Gasteiger partial charge in [0, 0.05) is 22.2 Å². The van der Waals surface area contributed by atoms with Gasteiger partial charge in [-0.05, 0) is 48.3 Å². The van der Waals surface area contributed by atoms with Crippen LogP contribution in [-0.4, -0.2) is 29.1 Å². The standard InChI is InChI=1S/C19H21Cl2NO3S/c1-26-9-8-18(19(23)24)22-11-13-2-6-16(7-3-13)25-12-14-4-5-15(20)10-17(14)21/h2-7,10,18,22H,8-9,11-12H2,1H3,(H,23,24). The Morgan fingerprint density at radius 3 is 2.58 bits per heavy atom. The summed E-state index contributed by atoms with van der Waals surface area (Å²) in [5.41, 5.74) is 1.86. The lowest BCUT2D eigenvalue weighted by Crippen LogP contribution is -2.36. The van der Waals surface area contributed by atoms with E-state index >= 15 is 0 Å². The van der Waals surface area contributed by atoms with E-state index in [0.29, 0.717) is 29.6 Å². The Morgan fingerprint density at radius 2 is 1.96 bits per heavy atom. The van der Waals surface area contributed by atoms with Gasteiger partial charge in [0.2, 0.25) is 0 Å². The molecule has 7 heteroatoms. The first-order chi connectivity index (χ1) is 12.5. The second-order valence-corrected chi connectivity index (χ2v) is 7.55. The molecule has 0 aliphatic carbocycles. The number of rotatable bonds is 10. The van der Waals surface area contributed by atoms with Crippen LogP contribution in [0.25, 0.3) is 0 Å². The maximum atomic E-state index is 11.2. The lowest BCUT2D eigenvalue weighted by atomic mass is 10.1. The van der Waals surface area contributed by atoms with Gasteiger partial charge in [-0.1, -0.05) is 41.4 Å². The van der Waals surface area contributed by atoms with Crippen molar-refractivity contribution < 1.29 is 14.6 Å². The Kier molecular flexibility index (Phi) is 8.59. The molecule has 0 saturated carbocycles. The van der Waals surface area contributed by atoms with Crippen molar-refractivity contribution >= 4 is 40.9 Å². The number of halogens is 2. The van der Waals surface area contributed by atoms with Crippen LogP contribution < -0.4 is 10.1 Å². The molecule has 0 aromatic heterocycles. The number of benzene rings is 2. The van der Waals surface area contributed by atoms with E-state index in [1.807, 2.05) is 36.6 Å². The molecule has 2 aromatic carbocycles. The summed E-state index contributed by atoms with van der Waals surface area (Å²) < 4.78 is 5.74. The summed E-state index contributed by atoms with van der Waals surface area (Å²) in [6, 6.07) is 12.3. The Balaban J connectivity index is 1.86. The Labute approximate surface area is 167 Å². The van der Waals surface area contributed by atoms with Crippen LogP contribution in [0, 0.1) is 0 Å². The molecule has 0 fully saturated rings. The number of aliphatic carboxylic acids is 1. The zero-order valence-corrected chi connectivity index (χ0v) is 16.7. The van der Waals surface area contributed by atoms with Gasteiger partial charge in [-0.25, -0.2) is 0 Å². The molecular weight excluding hydrogens is 393 g/mol. The molecule has 140 valence electrons. The highest BCUT2D eigenvalue weighted by atomic mass is 35.5. The predicted molar refractivity (Wildman–Crippen MR) is 108 cm³/mol. The molecule has 2 aromatic rings. The lowest BCUT2D eigenvalue weighted by Gasteiger charge is -2.14. The smallest absolute Gasteiger partial charge is 0.320 e. The van der Waals surface area contributed by atoms with Gasteiger partial charge in [0.25, 0.3) is 0 Å². The van der Waals surface area contributed by atoms with Crippen LogP contribution >= 0.6 is 35.0 Å². The molecule has 4 nitrogen and oxygen atoms in total. The summed E-state index contributed by atoms with van der Waals surface area (Å²) >= 11 is 13.7. The molecule has 0 amide bonds. The van der Waals surface area contributed by atoms with Gasteiger partial charge >= 0.3 is 5.97 Å². The average Bonchev–Trinajstić information content (AvgIpc) is 2.61. The molecular formula is C19H21Cl2NO3S. The predicted octanol–water partition coefficient (Wildman–Crippen LogP) is 4.87. The van der Waals surface area contributed by atoms with Gasteiger partial charge in [-0.15, -0.1) is 0 Å². The minimum Gasteiger partial charge on any atom is -0.489 e. The molecule has 1 atom stereocenters. The molecule has 0 aliphatic rings. The largest absolute Gasteiger partial charge is 0.489 e. The summed E-state index contributed by atoms with van der Waals surface area (Å²) in [5, 5.41) is 13.5. The maximum Gasteiger partial charge on any atom is 0.320 e. The van der Waals surface area contributed by atoms with Crippen LogP contribution in [0.4, 0.5) is 0 Å². The third-order valence-corrected chi connectivity index (χ3v) is 5.03. The first-order valence-electron chi connectivity index (χ1n) is 8.10. The summed E-state index contributed by atoms with van der Waals surface area (Å²) in [6.45, 7) is 0.845. The fourth-order valence-electron chi connectivity index (χ4n) is 2.29. The third-order valence-electron chi connectivity index (χ3n) is 3.79. The van der Waals surface area contributed by atoms with E-state index in [4.69, 9.17) is 27.9 Å². The van der Waals surface area contributed by atoms with Crippen molar-refractivity contribution in [1.82, 2.24) is 5.32 Å². The monoisotopic (exact) mass is 413 g/mol. The number of thioether (sulfide) groups is 1. The second kappa shape index (κ2) is 10.7. The number of carboxylic acids is 1. The zero-order valence-electron chi connectivity index (χ0n) is 14.4. The summed E-state index contributed by atoms with van der Waals surface area (Å²) in [4.78, 5) is 11.2. The van der Waals surface area contributed by atoms with Crippen LogP contribution in [-0.2, 0) is 17.9 Å². The summed E-state index contributed by atoms with van der Waals surface area (Å²) in [5.74, 6) is 0.708. The van der Waals surface area contributed by atoms with Crippen molar-refractivity contribution in [3.05, 3.63) is 63.6 Å². The topological polar surface area (TPSA) is 58.6 Å². The molecule has 0 bridgehead atoms. The Bertz CT molecular complexity index is 725. The third kappa shape index (κ3) is 6.72. The normalized spacial score (nSPS) is 12.0. The van der Waals surface area contributed by atoms with Crippen molar-refractivity contribution in [3.8, 4) is 5.75 Å². The van der Waals surface area contributed by atoms with E-state index in [1.165, 1.54) is 0 Å². The van der Waals surface area contributed by atoms with E-state index in [1.54, 1.807) is 23.9 Å². The molecule has 0 heterocycles. The van der Waals surface area contributed by atoms with Gasteiger partial charge in [-0.2, -0.15) is 11.8 Å². The van der Waals surface area contributed by atoms with Crippen molar-refractivity contribution in [3.63, 3.8) is 0 Å². The minimum atomic E-state index is -0.821. The van der Waals surface area contributed by atoms with E-state index in [9.17, 15) is 9.90 Å². The zero-order chi connectivity index (χ0) is 18.9. The molecule has 0 spiro atoms. The quantitative estimate of drug-likeness (QED) is 0.581. The molecule has 0 saturated heterocycles. The Morgan fingerprint density at radius 1 is 1.23 bits per heavy atom. The van der Waals surface area contributed by atoms with Crippen LogP contribution in [0.3, 0.4) is 0 Å². The number of hydrogen-bond donors (Lipinski definition) is 2. The highest BCUT2D eigenvalue weighted by molar-refractivity contribution is 7.98. The highest BCUT2D eigenvalue weighted by Crippen LogP contribution is 2.23. The summed E-state index contributed by atoms with van der Waals surface area (Å²) in [6.07, 6.45) is 2.56. The number of hydrogen-bond acceptors (Lipinski definition) is 4. The molecule has 26 heavy (non-hydrogen) atoms. The first-order valence-corrected chi connectivity index (χ1v) is 10.3. The van der Waals surface area contributed by atoms with Crippen molar-refractivity contribution in [2.45, 2.75) is 25.6 Å². The number of carboxylic acid groups (broad SMARTS) is 1. The first kappa shape index (κ1) is 20.9. The van der Waals surface area contributed by atoms with Crippen LogP contribution in [0.1, 0.15) is 17.5 Å². The molecule has 0 aliphatic heterocycles. The average molecular weight is 414 g/mol. The minimum absolute atomic E-state index is 0.351. The van der Waals surface area contributed by atoms with E-state index in [-0.39, 0.29) is 0 Å². The van der Waals surface area contributed by atoms with Gasteiger partial charge in [0.1, 0.15) is 18.4 Å². The number of carbonyl (C=O) groups is 1. The highest BCUT2D eigenvalue weighted by Gasteiger charge is 2.15. The lowest BCUT2D eigenvalue weighted by molar-refractivity contribution is -0.139. The van der Waals surface area contributed by atoms with E-state index in [0.717, 1.165) is 22.6 Å². The molecule has 2 rings (SSSR count). The maximum absolute atomic E-state index is 11.2. The summed E-state index contributed by atoms with van der Waals surface area (Å²) in [7, 11) is 0. The van der Waals surface area contributed by atoms with Gasteiger partial charge < -0.3 is 15.2 Å². The van der Waals surface area contributed by atoms with Gasteiger partial charge in [0.15, 0.2) is 0 Å². The number of ether oxygens (including phenoxy) is 1. The van der Waals surface area contributed by atoms with E-state index < -0.39 is 12.0 Å². The SMILES string of the molecule is CSCCC(NCc1ccc(OCc2ccc(Cl)cc2Cl)cc1)C(=O)O. The second-order valence-electron chi connectivity index (χ2n) is 5.72. The van der Waals surface area contributed by atoms with Crippen molar-refractivity contribution in [2.75, 3.05) is 12.0 Å². The number of nitrogens with one attached hydrogen (secondary N) is 1. The molecule has 2 N–H and O–H groups in total. The van der Waals surface area contributed by atoms with Crippen molar-refractivity contribution in [2.24, 2.45) is 0 Å². The van der Waals surface area contributed by atoms with Crippen LogP contribution in [0.15, 0.2) is 42.5 Å². The Hall–Kier alpha value is -1.40. The van der Waals surface area contributed by atoms with Crippen molar-refractivity contribution in [1.29, 1.82) is 0 Å². The van der Waals surface area contributed by atoms with Crippen LogP contribution in [0.5, 0.6) is 5.75 Å².